The second-order valence-corrected chi connectivity index (χ2v) is 6.15. The van der Waals surface area contributed by atoms with Crippen LogP contribution in [0, 0.1) is 0 Å². The van der Waals surface area contributed by atoms with Crippen LogP contribution in [0.1, 0.15) is 25.0 Å². The maximum atomic E-state index is 5.46. The second-order valence-electron chi connectivity index (χ2n) is 6.15. The number of hydrogen-bond donors (Lipinski definition) is 0. The topological polar surface area (TPSA) is 36.9 Å². The highest BCUT2D eigenvalue weighted by molar-refractivity contribution is 5.50. The lowest BCUT2D eigenvalue weighted by atomic mass is 9.78. The summed E-state index contributed by atoms with van der Waals surface area (Å²) in [6.45, 7) is 18.6. The molecule has 0 atom stereocenters. The molecule has 0 aliphatic carbocycles. The van der Waals surface area contributed by atoms with Crippen molar-refractivity contribution in [1.29, 1.82) is 0 Å². The lowest BCUT2D eigenvalue weighted by molar-refractivity contribution is 0.452. The first kappa shape index (κ1) is 19.9. The molecule has 0 radical (unpaired) electrons. The summed E-state index contributed by atoms with van der Waals surface area (Å²) in [6, 6.07) is 11.3. The molecule has 0 aliphatic heterocycles. The van der Waals surface area contributed by atoms with E-state index in [0.717, 1.165) is 11.1 Å². The summed E-state index contributed by atoms with van der Waals surface area (Å²) < 4.78 is 21.9. The molecule has 0 heterocycles. The quantitative estimate of drug-likeness (QED) is 0.477. The van der Waals surface area contributed by atoms with E-state index in [2.05, 4.69) is 40.2 Å². The Morgan fingerprint density at radius 3 is 1.04 bits per heavy atom. The van der Waals surface area contributed by atoms with Gasteiger partial charge in [0.2, 0.25) is 0 Å². The average Bonchev–Trinajstić information content (AvgIpc) is 2.62. The smallest absolute Gasteiger partial charge is 0.130 e. The standard InChI is InChI=1S/C23H24O4/c1-7-24-19-11-17(12-20(15-19)25-8-2)23(5,6)18-13-21(26-9-3)16-22(14-18)27-10-4/h7-16H,1-4H2,5-6H3. The lowest BCUT2D eigenvalue weighted by Gasteiger charge is -2.28. The predicted molar refractivity (Wildman–Crippen MR) is 108 cm³/mol. The third-order valence-electron chi connectivity index (χ3n) is 4.08. The van der Waals surface area contributed by atoms with Gasteiger partial charge in [-0.15, -0.1) is 0 Å². The van der Waals surface area contributed by atoms with Crippen molar-refractivity contribution in [2.24, 2.45) is 0 Å². The summed E-state index contributed by atoms with van der Waals surface area (Å²) in [7, 11) is 0. The van der Waals surface area contributed by atoms with Gasteiger partial charge in [0.25, 0.3) is 0 Å². The largest absolute Gasteiger partial charge is 0.465 e. The first-order valence-electron chi connectivity index (χ1n) is 8.36. The van der Waals surface area contributed by atoms with Gasteiger partial charge in [0, 0.05) is 17.5 Å². The van der Waals surface area contributed by atoms with Gasteiger partial charge in [-0.2, -0.15) is 0 Å². The Morgan fingerprint density at radius 1 is 0.556 bits per heavy atom. The van der Waals surface area contributed by atoms with E-state index in [4.69, 9.17) is 18.9 Å². The van der Waals surface area contributed by atoms with Gasteiger partial charge < -0.3 is 18.9 Å². The molecule has 4 heteroatoms. The Hall–Kier alpha value is -3.40. The molecule has 0 amide bonds. The molecule has 0 aromatic heterocycles. The van der Waals surface area contributed by atoms with Crippen molar-refractivity contribution < 1.29 is 18.9 Å². The summed E-state index contributed by atoms with van der Waals surface area (Å²) in [6.07, 6.45) is 5.49. The zero-order chi connectivity index (χ0) is 19.9. The van der Waals surface area contributed by atoms with Gasteiger partial charge in [-0.3, -0.25) is 0 Å². The third kappa shape index (κ3) is 4.82. The molecule has 0 saturated heterocycles. The van der Waals surface area contributed by atoms with E-state index in [9.17, 15) is 0 Å². The second kappa shape index (κ2) is 8.81. The van der Waals surface area contributed by atoms with Crippen LogP contribution in [-0.4, -0.2) is 0 Å². The molecule has 140 valence electrons. The van der Waals surface area contributed by atoms with Crippen LogP contribution in [0.15, 0.2) is 87.8 Å². The highest BCUT2D eigenvalue weighted by atomic mass is 16.5. The fraction of sp³-hybridized carbons (Fsp3) is 0.130. The lowest BCUT2D eigenvalue weighted by Crippen LogP contribution is -2.19. The molecule has 0 aliphatic rings. The van der Waals surface area contributed by atoms with E-state index in [1.165, 1.54) is 25.0 Å². The molecule has 0 spiro atoms. The fourth-order valence-electron chi connectivity index (χ4n) is 2.69. The molecular formula is C23H24O4. The van der Waals surface area contributed by atoms with Crippen molar-refractivity contribution in [3.05, 3.63) is 98.9 Å². The van der Waals surface area contributed by atoms with Crippen LogP contribution in [0.2, 0.25) is 0 Å². The van der Waals surface area contributed by atoms with Crippen LogP contribution in [0.4, 0.5) is 0 Å². The van der Waals surface area contributed by atoms with E-state index >= 15 is 0 Å². The Bertz CT molecular complexity index is 723. The van der Waals surface area contributed by atoms with E-state index in [1.54, 1.807) is 12.1 Å². The summed E-state index contributed by atoms with van der Waals surface area (Å²) in [5, 5.41) is 0. The Kier molecular flexibility index (Phi) is 6.50. The van der Waals surface area contributed by atoms with Crippen LogP contribution in [0.3, 0.4) is 0 Å². The van der Waals surface area contributed by atoms with Crippen molar-refractivity contribution in [2.75, 3.05) is 0 Å². The Balaban J connectivity index is 2.59. The molecule has 0 N–H and O–H groups in total. The van der Waals surface area contributed by atoms with Crippen LogP contribution in [0.25, 0.3) is 0 Å². The predicted octanol–water partition coefficient (Wildman–Crippen LogP) is 6.10. The first-order valence-corrected chi connectivity index (χ1v) is 8.36. The number of benzene rings is 2. The molecular weight excluding hydrogens is 340 g/mol. The zero-order valence-electron chi connectivity index (χ0n) is 15.7. The fourth-order valence-corrected chi connectivity index (χ4v) is 2.69. The third-order valence-corrected chi connectivity index (χ3v) is 4.08. The number of hydrogen-bond acceptors (Lipinski definition) is 4. The minimum atomic E-state index is -0.417. The maximum Gasteiger partial charge on any atom is 0.130 e. The van der Waals surface area contributed by atoms with Crippen molar-refractivity contribution in [3.8, 4) is 23.0 Å². The molecule has 4 nitrogen and oxygen atoms in total. The summed E-state index contributed by atoms with van der Waals surface area (Å²) in [5.74, 6) is 2.48. The Labute approximate surface area is 160 Å². The minimum Gasteiger partial charge on any atom is -0.465 e. The molecule has 27 heavy (non-hydrogen) atoms. The van der Waals surface area contributed by atoms with E-state index in [-0.39, 0.29) is 0 Å². The molecule has 0 bridgehead atoms. The van der Waals surface area contributed by atoms with Gasteiger partial charge >= 0.3 is 0 Å². The normalized spacial score (nSPS) is 10.4. The average molecular weight is 364 g/mol. The van der Waals surface area contributed by atoms with Gasteiger partial charge in [0.1, 0.15) is 23.0 Å². The van der Waals surface area contributed by atoms with E-state index in [0.29, 0.717) is 23.0 Å². The van der Waals surface area contributed by atoms with E-state index < -0.39 is 5.41 Å². The van der Waals surface area contributed by atoms with Gasteiger partial charge in [-0.25, -0.2) is 0 Å². The number of rotatable bonds is 10. The van der Waals surface area contributed by atoms with Gasteiger partial charge in [0.15, 0.2) is 0 Å². The molecule has 2 aromatic carbocycles. The van der Waals surface area contributed by atoms with Crippen LogP contribution >= 0.6 is 0 Å². The molecule has 0 fully saturated rings. The van der Waals surface area contributed by atoms with Gasteiger partial charge in [-0.1, -0.05) is 40.2 Å². The van der Waals surface area contributed by atoms with Gasteiger partial charge in [-0.05, 0) is 35.4 Å². The first-order chi connectivity index (χ1) is 12.9. The van der Waals surface area contributed by atoms with Crippen LogP contribution < -0.4 is 18.9 Å². The van der Waals surface area contributed by atoms with Crippen molar-refractivity contribution in [2.45, 2.75) is 19.3 Å². The molecule has 2 rings (SSSR count). The Morgan fingerprint density at radius 2 is 0.815 bits per heavy atom. The highest BCUT2D eigenvalue weighted by Crippen LogP contribution is 2.39. The van der Waals surface area contributed by atoms with E-state index in [1.807, 2.05) is 24.3 Å². The van der Waals surface area contributed by atoms with Crippen LogP contribution in [-0.2, 0) is 5.41 Å². The van der Waals surface area contributed by atoms with Crippen LogP contribution in [0.5, 0.6) is 23.0 Å². The summed E-state index contributed by atoms with van der Waals surface area (Å²) >= 11 is 0. The summed E-state index contributed by atoms with van der Waals surface area (Å²) in [4.78, 5) is 0. The zero-order valence-corrected chi connectivity index (χ0v) is 15.7. The summed E-state index contributed by atoms with van der Waals surface area (Å²) in [5.41, 5.74) is 1.53. The molecule has 0 unspecified atom stereocenters. The SMILES string of the molecule is C=COc1cc(OC=C)cc(C(C)(C)c2cc(OC=C)cc(OC=C)c2)c1. The molecule has 2 aromatic rings. The maximum absolute atomic E-state index is 5.46. The van der Waals surface area contributed by atoms with Gasteiger partial charge in [0.05, 0.1) is 25.0 Å². The van der Waals surface area contributed by atoms with Crippen molar-refractivity contribution >= 4 is 0 Å². The monoisotopic (exact) mass is 364 g/mol. The minimum absolute atomic E-state index is 0.417. The number of ether oxygens (including phenoxy) is 4. The highest BCUT2D eigenvalue weighted by Gasteiger charge is 2.26. The molecule has 0 saturated carbocycles. The van der Waals surface area contributed by atoms with Crippen molar-refractivity contribution in [3.63, 3.8) is 0 Å². The van der Waals surface area contributed by atoms with Crippen molar-refractivity contribution in [1.82, 2.24) is 0 Å².